The van der Waals surface area contributed by atoms with Gasteiger partial charge < -0.3 is 0 Å². The molecular weight excluding hydrogens is 274 g/mol. The predicted molar refractivity (Wildman–Crippen MR) is 88.5 cm³/mol. The quantitative estimate of drug-likeness (QED) is 0.605. The molecule has 1 aliphatic rings. The van der Waals surface area contributed by atoms with Crippen LogP contribution in [0.15, 0.2) is 10.2 Å². The molecule has 124 valence electrons. The normalized spacial score (nSPS) is 26.6. The molecule has 3 unspecified atom stereocenters. The Morgan fingerprint density at radius 1 is 1.27 bits per heavy atom. The van der Waals surface area contributed by atoms with Crippen molar-refractivity contribution in [2.24, 2.45) is 27.5 Å². The highest BCUT2D eigenvalue weighted by Crippen LogP contribution is 2.46. The van der Waals surface area contributed by atoms with Crippen molar-refractivity contribution in [3.63, 3.8) is 0 Å². The van der Waals surface area contributed by atoms with Crippen LogP contribution >= 0.6 is 0 Å². The van der Waals surface area contributed by atoms with Gasteiger partial charge in [0, 0.05) is 0 Å². The highest BCUT2D eigenvalue weighted by Gasteiger charge is 2.58. The Bertz CT molecular complexity index is 463. The third-order valence-corrected chi connectivity index (χ3v) is 4.51. The van der Waals surface area contributed by atoms with Crippen LogP contribution in [0.25, 0.3) is 0 Å². The summed E-state index contributed by atoms with van der Waals surface area (Å²) >= 11 is 0. The second kappa shape index (κ2) is 7.35. The van der Waals surface area contributed by atoms with Gasteiger partial charge in [-0.05, 0) is 37.5 Å². The van der Waals surface area contributed by atoms with Gasteiger partial charge in [0.2, 0.25) is 0 Å². The second-order valence-corrected chi connectivity index (χ2v) is 7.53. The van der Waals surface area contributed by atoms with Crippen LogP contribution in [0.3, 0.4) is 0 Å². The lowest BCUT2D eigenvalue weighted by Gasteiger charge is -2.44. The monoisotopic (exact) mass is 305 g/mol. The summed E-state index contributed by atoms with van der Waals surface area (Å²) in [6.45, 7) is 12.4. The minimum absolute atomic E-state index is 0.0219. The number of rotatable bonds is 9. The van der Waals surface area contributed by atoms with Crippen molar-refractivity contribution in [2.75, 3.05) is 0 Å². The first-order chi connectivity index (χ1) is 10.3. The average Bonchev–Trinajstić information content (AvgIpc) is 2.42. The van der Waals surface area contributed by atoms with E-state index in [-0.39, 0.29) is 11.8 Å². The summed E-state index contributed by atoms with van der Waals surface area (Å²) in [5.41, 5.74) is -1.67. The zero-order chi connectivity index (χ0) is 17.0. The van der Waals surface area contributed by atoms with E-state index >= 15 is 0 Å². The summed E-state index contributed by atoms with van der Waals surface area (Å²) in [5.74, 6) is 0.686. The molecule has 0 fully saturated rings. The Hall–Kier alpha value is -1.24. The molecule has 0 spiro atoms. The van der Waals surface area contributed by atoms with Crippen LogP contribution in [0.5, 0.6) is 0 Å². The topological polar surface area (TPSA) is 65.6 Å². The van der Waals surface area contributed by atoms with Crippen molar-refractivity contribution in [3.8, 4) is 6.07 Å². The van der Waals surface area contributed by atoms with E-state index in [1.807, 2.05) is 13.8 Å². The number of hydrogen-bond acceptors (Lipinski definition) is 4. The highest BCUT2D eigenvalue weighted by molar-refractivity contribution is 5.97. The van der Waals surface area contributed by atoms with Gasteiger partial charge in [-0.3, -0.25) is 4.79 Å². The lowest BCUT2D eigenvalue weighted by atomic mass is 9.63. The Labute approximate surface area is 135 Å². The smallest absolute Gasteiger partial charge is 0.184 e. The highest BCUT2D eigenvalue weighted by atomic mass is 16.1. The number of Topliss-reactive ketones (excluding diaryl/α,β-unsaturated/α-hetero) is 1. The molecule has 3 atom stereocenters. The van der Waals surface area contributed by atoms with Crippen LogP contribution < -0.4 is 0 Å². The zero-order valence-electron chi connectivity index (χ0n) is 15.0. The largest absolute Gasteiger partial charge is 0.295 e. The van der Waals surface area contributed by atoms with E-state index in [1.54, 1.807) is 0 Å². The number of nitrogens with zero attached hydrogens (tertiary/aromatic N) is 3. The van der Waals surface area contributed by atoms with Crippen molar-refractivity contribution >= 4 is 5.78 Å². The first kappa shape index (κ1) is 18.8. The van der Waals surface area contributed by atoms with Crippen LogP contribution in [0, 0.1) is 28.6 Å². The predicted octanol–water partition coefficient (Wildman–Crippen LogP) is 4.94. The van der Waals surface area contributed by atoms with Crippen LogP contribution in [0.2, 0.25) is 0 Å². The molecule has 0 amide bonds. The molecule has 22 heavy (non-hydrogen) atoms. The fourth-order valence-corrected chi connectivity index (χ4v) is 3.79. The van der Waals surface area contributed by atoms with Gasteiger partial charge in [-0.25, -0.2) is 0 Å². The number of carbonyl (C=O) groups excluding carboxylic acids is 1. The minimum Gasteiger partial charge on any atom is -0.295 e. The van der Waals surface area contributed by atoms with Gasteiger partial charge in [0.25, 0.3) is 0 Å². The Kier molecular flexibility index (Phi) is 6.28. The van der Waals surface area contributed by atoms with Crippen molar-refractivity contribution in [3.05, 3.63) is 0 Å². The van der Waals surface area contributed by atoms with Gasteiger partial charge in [-0.2, -0.15) is 15.5 Å². The maximum Gasteiger partial charge on any atom is 0.184 e. The van der Waals surface area contributed by atoms with Gasteiger partial charge in [-0.1, -0.05) is 48.0 Å². The molecule has 0 aromatic carbocycles. The van der Waals surface area contributed by atoms with Crippen molar-refractivity contribution in [2.45, 2.75) is 85.2 Å². The van der Waals surface area contributed by atoms with Gasteiger partial charge >= 0.3 is 0 Å². The molecule has 0 saturated carbocycles. The number of nitriles is 1. The molecule has 1 heterocycles. The lowest BCUT2D eigenvalue weighted by molar-refractivity contribution is -0.136. The summed E-state index contributed by atoms with van der Waals surface area (Å²) in [7, 11) is 0. The molecule has 0 N–H and O–H groups in total. The Morgan fingerprint density at radius 3 is 2.23 bits per heavy atom. The maximum absolute atomic E-state index is 13.5. The molecular formula is C18H31N3O. The zero-order valence-corrected chi connectivity index (χ0v) is 15.0. The second-order valence-electron chi connectivity index (χ2n) is 7.53. The number of azo groups is 1. The molecule has 0 aromatic heterocycles. The summed E-state index contributed by atoms with van der Waals surface area (Å²) in [6, 6.07) is 2.33. The number of carbonyl (C=O) groups is 1. The van der Waals surface area contributed by atoms with E-state index in [1.165, 1.54) is 0 Å². The Morgan fingerprint density at radius 2 is 1.91 bits per heavy atom. The Balaban J connectivity index is 3.25. The average molecular weight is 305 g/mol. The van der Waals surface area contributed by atoms with Gasteiger partial charge in [0.15, 0.2) is 11.3 Å². The van der Waals surface area contributed by atoms with Gasteiger partial charge in [0.1, 0.15) is 11.5 Å². The third-order valence-electron chi connectivity index (χ3n) is 4.51. The van der Waals surface area contributed by atoms with Gasteiger partial charge in [-0.15, -0.1) is 0 Å². The van der Waals surface area contributed by atoms with E-state index in [4.69, 9.17) is 0 Å². The summed E-state index contributed by atoms with van der Waals surface area (Å²) < 4.78 is 0. The fraction of sp³-hybridized carbons (Fsp3) is 0.889. The third kappa shape index (κ3) is 3.39. The van der Waals surface area contributed by atoms with E-state index in [0.717, 1.165) is 12.8 Å². The molecule has 4 nitrogen and oxygen atoms in total. The number of hydrogen-bond donors (Lipinski definition) is 0. The van der Waals surface area contributed by atoms with Gasteiger partial charge in [0.05, 0.1) is 6.07 Å². The van der Waals surface area contributed by atoms with Crippen molar-refractivity contribution in [1.29, 1.82) is 5.26 Å². The molecule has 0 bridgehead atoms. The summed E-state index contributed by atoms with van der Waals surface area (Å²) in [4.78, 5) is 13.5. The standard InChI is InChI=1S/C18H31N3O/c1-7-9-17(12-19,10-13(3)4)16(22)18(11-14(5)6)15(8-2)20-21-18/h13-15H,7-11H2,1-6H3. The molecule has 4 heteroatoms. The first-order valence-corrected chi connectivity index (χ1v) is 8.66. The summed E-state index contributed by atoms with van der Waals surface area (Å²) in [6.07, 6.45) is 3.56. The molecule has 0 radical (unpaired) electrons. The first-order valence-electron chi connectivity index (χ1n) is 8.66. The minimum atomic E-state index is -0.912. The van der Waals surface area contributed by atoms with Crippen LogP contribution in [-0.2, 0) is 4.79 Å². The van der Waals surface area contributed by atoms with E-state index in [9.17, 15) is 10.1 Å². The van der Waals surface area contributed by atoms with Crippen molar-refractivity contribution in [1.82, 2.24) is 0 Å². The molecule has 1 aliphatic heterocycles. The van der Waals surface area contributed by atoms with Crippen LogP contribution in [0.1, 0.15) is 73.6 Å². The molecule has 0 aromatic rings. The summed E-state index contributed by atoms with van der Waals surface area (Å²) in [5, 5.41) is 18.4. The van der Waals surface area contributed by atoms with E-state index < -0.39 is 11.0 Å². The van der Waals surface area contributed by atoms with E-state index in [0.29, 0.717) is 31.1 Å². The van der Waals surface area contributed by atoms with E-state index in [2.05, 4.69) is 44.0 Å². The SMILES string of the molecule is CCCC(C#N)(CC(C)C)C(=O)C1(CC(C)C)N=NC1CC. The van der Waals surface area contributed by atoms with Crippen LogP contribution in [0.4, 0.5) is 0 Å². The molecule has 1 rings (SSSR count). The fourth-order valence-electron chi connectivity index (χ4n) is 3.79. The number of ketones is 1. The van der Waals surface area contributed by atoms with Crippen molar-refractivity contribution < 1.29 is 4.79 Å². The molecule has 0 aliphatic carbocycles. The lowest BCUT2D eigenvalue weighted by Crippen LogP contribution is -2.58. The maximum atomic E-state index is 13.5. The molecule has 0 saturated heterocycles. The van der Waals surface area contributed by atoms with Crippen LogP contribution in [-0.4, -0.2) is 17.4 Å².